The van der Waals surface area contributed by atoms with Crippen LogP contribution < -0.4 is 4.90 Å². The Hall–Kier alpha value is -1.89. The number of hydrogen-bond acceptors (Lipinski definition) is 4. The Morgan fingerprint density at radius 1 is 1.20 bits per heavy atom. The Bertz CT molecular complexity index is 638. The number of sulfone groups is 1. The van der Waals surface area contributed by atoms with Crippen LogP contribution in [-0.2, 0) is 25.8 Å². The minimum Gasteiger partial charge on any atom is -0.480 e. The van der Waals surface area contributed by atoms with Crippen molar-refractivity contribution in [2.24, 2.45) is 0 Å². The summed E-state index contributed by atoms with van der Waals surface area (Å²) < 4.78 is 23.2. The van der Waals surface area contributed by atoms with Crippen molar-refractivity contribution in [3.63, 3.8) is 0 Å². The molecule has 7 heteroatoms. The van der Waals surface area contributed by atoms with Crippen molar-refractivity contribution in [3.05, 3.63) is 29.8 Å². The maximum Gasteiger partial charge on any atom is 0.318 e. The molecule has 1 heterocycles. The van der Waals surface area contributed by atoms with Crippen molar-refractivity contribution >= 4 is 27.4 Å². The van der Waals surface area contributed by atoms with Gasteiger partial charge in [0.15, 0.2) is 9.84 Å². The summed E-state index contributed by atoms with van der Waals surface area (Å²) in [6.07, 6.45) is 1.61. The predicted octanol–water partition coefficient (Wildman–Crippen LogP) is 0.465. The van der Waals surface area contributed by atoms with E-state index in [0.717, 1.165) is 18.4 Å². The maximum atomic E-state index is 12.1. The van der Waals surface area contributed by atoms with E-state index in [4.69, 9.17) is 5.11 Å². The molecule has 1 aliphatic rings. The fourth-order valence-electron chi connectivity index (χ4n) is 2.30. The number of fused-ring (bicyclic) bond motifs is 1. The summed E-state index contributed by atoms with van der Waals surface area (Å²) in [5.74, 6) is -3.81. The van der Waals surface area contributed by atoms with Crippen molar-refractivity contribution in [3.8, 4) is 0 Å². The van der Waals surface area contributed by atoms with Gasteiger partial charge in [0.05, 0.1) is 0 Å². The van der Waals surface area contributed by atoms with Crippen molar-refractivity contribution in [2.45, 2.75) is 12.8 Å². The summed E-state index contributed by atoms with van der Waals surface area (Å²) in [7, 11) is -3.92. The molecule has 2 rings (SSSR count). The molecule has 1 N–H and O–H groups in total. The third-order valence-corrected chi connectivity index (χ3v) is 4.47. The summed E-state index contributed by atoms with van der Waals surface area (Å²) in [4.78, 5) is 24.0. The molecular weight excluding hydrogens is 282 g/mol. The molecular formula is C13H15NO5S. The van der Waals surface area contributed by atoms with Crippen LogP contribution in [0, 0.1) is 0 Å². The van der Waals surface area contributed by atoms with Gasteiger partial charge < -0.3 is 10.0 Å². The Kier molecular flexibility index (Phi) is 4.08. The molecule has 0 fully saturated rings. The molecule has 0 saturated carbocycles. The van der Waals surface area contributed by atoms with Crippen LogP contribution in [0.4, 0.5) is 5.69 Å². The van der Waals surface area contributed by atoms with Crippen molar-refractivity contribution in [2.75, 3.05) is 23.0 Å². The average molecular weight is 297 g/mol. The first-order valence-corrected chi connectivity index (χ1v) is 8.02. The van der Waals surface area contributed by atoms with Crippen LogP contribution in [0.1, 0.15) is 12.0 Å². The van der Waals surface area contributed by atoms with Crippen molar-refractivity contribution < 1.29 is 23.1 Å². The topological polar surface area (TPSA) is 91.7 Å². The van der Waals surface area contributed by atoms with E-state index in [1.165, 1.54) is 4.90 Å². The zero-order valence-corrected chi connectivity index (χ0v) is 11.6. The lowest BCUT2D eigenvalue weighted by Crippen LogP contribution is -2.40. The van der Waals surface area contributed by atoms with Crippen LogP contribution >= 0.6 is 0 Å². The molecule has 0 atom stereocenters. The van der Waals surface area contributed by atoms with Gasteiger partial charge in [-0.25, -0.2) is 8.42 Å². The number of rotatable bonds is 4. The molecule has 0 unspecified atom stereocenters. The van der Waals surface area contributed by atoms with Gasteiger partial charge in [-0.1, -0.05) is 18.2 Å². The number of nitrogens with zero attached hydrogens (tertiary/aromatic N) is 1. The number of carbonyl (C=O) groups is 2. The molecule has 0 saturated heterocycles. The molecule has 0 aromatic heterocycles. The number of benzene rings is 1. The number of carboxylic acid groups (broad SMARTS) is 1. The monoisotopic (exact) mass is 297 g/mol. The molecule has 0 radical (unpaired) electrons. The summed E-state index contributed by atoms with van der Waals surface area (Å²) in [6.45, 7) is 0.457. The second-order valence-corrected chi connectivity index (χ2v) is 6.77. The Morgan fingerprint density at radius 3 is 2.60 bits per heavy atom. The zero-order chi connectivity index (χ0) is 14.8. The Morgan fingerprint density at radius 2 is 1.90 bits per heavy atom. The lowest BCUT2D eigenvalue weighted by Gasteiger charge is -2.29. The van der Waals surface area contributed by atoms with Crippen LogP contribution in [-0.4, -0.2) is 43.5 Å². The number of carbonyl (C=O) groups excluding carboxylic acids is 1. The molecule has 0 spiro atoms. The number of para-hydroxylation sites is 1. The highest BCUT2D eigenvalue weighted by Gasteiger charge is 2.27. The van der Waals surface area contributed by atoms with E-state index in [9.17, 15) is 18.0 Å². The van der Waals surface area contributed by atoms with Crippen LogP contribution in [0.3, 0.4) is 0 Å². The molecule has 108 valence electrons. The number of hydrogen-bond donors (Lipinski definition) is 1. The van der Waals surface area contributed by atoms with Gasteiger partial charge in [-0.15, -0.1) is 0 Å². The highest BCUT2D eigenvalue weighted by atomic mass is 32.2. The molecule has 0 bridgehead atoms. The van der Waals surface area contributed by atoms with Crippen LogP contribution in [0.5, 0.6) is 0 Å². The quantitative estimate of drug-likeness (QED) is 0.872. The van der Waals surface area contributed by atoms with E-state index in [1.807, 2.05) is 12.1 Å². The number of anilines is 1. The van der Waals surface area contributed by atoms with E-state index >= 15 is 0 Å². The zero-order valence-electron chi connectivity index (χ0n) is 10.8. The SMILES string of the molecule is O=C(O)CS(=O)(=O)CC(=O)N1CCCc2ccccc21. The second-order valence-electron chi connectivity index (χ2n) is 4.70. The van der Waals surface area contributed by atoms with Gasteiger partial charge in [0.2, 0.25) is 5.91 Å². The fraction of sp³-hybridized carbons (Fsp3) is 0.385. The van der Waals surface area contributed by atoms with Gasteiger partial charge in [-0.05, 0) is 24.5 Å². The number of carboxylic acids is 1. The lowest BCUT2D eigenvalue weighted by atomic mass is 10.0. The van der Waals surface area contributed by atoms with Gasteiger partial charge in [0.1, 0.15) is 11.5 Å². The Labute approximate surface area is 116 Å². The van der Waals surface area contributed by atoms with Crippen LogP contribution in [0.2, 0.25) is 0 Å². The second kappa shape index (κ2) is 5.62. The first kappa shape index (κ1) is 14.5. The van der Waals surface area contributed by atoms with E-state index in [1.54, 1.807) is 12.1 Å². The van der Waals surface area contributed by atoms with E-state index < -0.39 is 33.2 Å². The van der Waals surface area contributed by atoms with Gasteiger partial charge in [0, 0.05) is 12.2 Å². The van der Waals surface area contributed by atoms with Gasteiger partial charge in [0.25, 0.3) is 0 Å². The van der Waals surface area contributed by atoms with Crippen molar-refractivity contribution in [1.82, 2.24) is 0 Å². The highest BCUT2D eigenvalue weighted by molar-refractivity contribution is 7.92. The lowest BCUT2D eigenvalue weighted by molar-refractivity contribution is -0.134. The van der Waals surface area contributed by atoms with Crippen molar-refractivity contribution in [1.29, 1.82) is 0 Å². The molecule has 1 amide bonds. The number of amides is 1. The first-order valence-electron chi connectivity index (χ1n) is 6.19. The predicted molar refractivity (Wildman–Crippen MR) is 73.4 cm³/mol. The Balaban J connectivity index is 2.17. The molecule has 20 heavy (non-hydrogen) atoms. The summed E-state index contributed by atoms with van der Waals surface area (Å²) in [6, 6.07) is 7.33. The highest BCUT2D eigenvalue weighted by Crippen LogP contribution is 2.26. The van der Waals surface area contributed by atoms with Gasteiger partial charge in [-0.3, -0.25) is 9.59 Å². The molecule has 6 nitrogen and oxygen atoms in total. The van der Waals surface area contributed by atoms with E-state index in [2.05, 4.69) is 0 Å². The normalized spacial score (nSPS) is 14.7. The first-order chi connectivity index (χ1) is 9.39. The minimum absolute atomic E-state index is 0.457. The van der Waals surface area contributed by atoms with Crippen LogP contribution in [0.15, 0.2) is 24.3 Å². The standard InChI is InChI=1S/C13H15NO5S/c15-12(8-20(18,19)9-13(16)17)14-7-3-5-10-4-1-2-6-11(10)14/h1-2,4,6H,3,5,7-9H2,(H,16,17). The number of aliphatic carboxylic acids is 1. The van der Waals surface area contributed by atoms with Crippen LogP contribution in [0.25, 0.3) is 0 Å². The summed E-state index contributed by atoms with van der Waals surface area (Å²) in [5, 5.41) is 8.53. The number of aryl methyl sites for hydroxylation is 1. The third-order valence-electron chi connectivity index (χ3n) is 3.10. The molecule has 0 aliphatic carbocycles. The molecule has 1 aliphatic heterocycles. The smallest absolute Gasteiger partial charge is 0.318 e. The largest absolute Gasteiger partial charge is 0.480 e. The fourth-order valence-corrected chi connectivity index (χ4v) is 3.31. The van der Waals surface area contributed by atoms with Gasteiger partial charge >= 0.3 is 5.97 Å². The van der Waals surface area contributed by atoms with Gasteiger partial charge in [-0.2, -0.15) is 0 Å². The average Bonchev–Trinajstić information content (AvgIpc) is 2.35. The summed E-state index contributed by atoms with van der Waals surface area (Å²) in [5.41, 5.74) is 1.72. The molecule has 1 aromatic rings. The summed E-state index contributed by atoms with van der Waals surface area (Å²) >= 11 is 0. The van der Waals surface area contributed by atoms with E-state index in [0.29, 0.717) is 12.2 Å². The van der Waals surface area contributed by atoms with E-state index in [-0.39, 0.29) is 0 Å². The molecule has 1 aromatic carbocycles. The third kappa shape index (κ3) is 3.36. The minimum atomic E-state index is -3.92. The maximum absolute atomic E-state index is 12.1.